The highest BCUT2D eigenvalue weighted by Crippen LogP contribution is 2.24. The fourth-order valence-corrected chi connectivity index (χ4v) is 1.97. The third kappa shape index (κ3) is 3.20. The van der Waals surface area contributed by atoms with Crippen LogP contribution in [0.5, 0.6) is 0 Å². The van der Waals surface area contributed by atoms with E-state index in [0.717, 1.165) is 5.69 Å². The molecule has 0 aliphatic carbocycles. The predicted octanol–water partition coefficient (Wildman–Crippen LogP) is 1.71. The van der Waals surface area contributed by atoms with Gasteiger partial charge in [-0.05, 0) is 31.2 Å². The van der Waals surface area contributed by atoms with E-state index >= 15 is 0 Å². The summed E-state index contributed by atoms with van der Waals surface area (Å²) in [6.45, 7) is 4.36. The molecule has 2 heterocycles. The van der Waals surface area contributed by atoms with E-state index in [-0.39, 0.29) is 11.6 Å². The fraction of sp³-hybridized carbons (Fsp3) is 0.200. The Morgan fingerprint density at radius 3 is 2.74 bits per heavy atom. The zero-order chi connectivity index (χ0) is 16.2. The van der Waals surface area contributed by atoms with Crippen molar-refractivity contribution in [2.75, 3.05) is 5.32 Å². The van der Waals surface area contributed by atoms with Crippen molar-refractivity contribution in [1.82, 2.24) is 30.2 Å². The minimum absolute atomic E-state index is 0.246. The molecule has 1 amide bonds. The van der Waals surface area contributed by atoms with E-state index in [9.17, 15) is 4.79 Å². The number of tetrazole rings is 1. The van der Waals surface area contributed by atoms with Gasteiger partial charge in [-0.1, -0.05) is 12.1 Å². The van der Waals surface area contributed by atoms with Crippen LogP contribution in [0.15, 0.2) is 36.7 Å². The Balaban J connectivity index is 1.88. The largest absolute Gasteiger partial charge is 0.320 e. The van der Waals surface area contributed by atoms with E-state index in [1.807, 2.05) is 32.0 Å². The lowest BCUT2D eigenvalue weighted by Crippen LogP contribution is -2.14. The Bertz CT molecular complexity index is 826. The van der Waals surface area contributed by atoms with Gasteiger partial charge in [0.15, 0.2) is 0 Å². The molecular formula is C15H15N7O. The predicted molar refractivity (Wildman–Crippen MR) is 83.6 cm³/mol. The molecule has 0 radical (unpaired) electrons. The minimum atomic E-state index is -0.340. The summed E-state index contributed by atoms with van der Waals surface area (Å²) in [5, 5.41) is 15.0. The first kappa shape index (κ1) is 14.8. The lowest BCUT2D eigenvalue weighted by atomic mass is 10.1. The minimum Gasteiger partial charge on any atom is -0.320 e. The standard InChI is InChI=1S/C15H15N7O/c1-3-22-20-14(19-21-22)11-6-4-5-7-12(11)18-15(23)13-9-16-10(2)8-17-13/h4-9H,3H2,1-2H3,(H,18,23). The van der Waals surface area contributed by atoms with Crippen LogP contribution in [0.1, 0.15) is 23.1 Å². The maximum atomic E-state index is 12.3. The second-order valence-corrected chi connectivity index (χ2v) is 4.84. The van der Waals surface area contributed by atoms with Crippen molar-refractivity contribution < 1.29 is 4.79 Å². The van der Waals surface area contributed by atoms with Crippen molar-refractivity contribution in [3.63, 3.8) is 0 Å². The SMILES string of the molecule is CCn1nnc(-c2ccccc2NC(=O)c2cnc(C)cn2)n1. The van der Waals surface area contributed by atoms with Crippen LogP contribution < -0.4 is 5.32 Å². The molecule has 3 aromatic rings. The van der Waals surface area contributed by atoms with Crippen molar-refractivity contribution >= 4 is 11.6 Å². The number of aromatic nitrogens is 6. The van der Waals surface area contributed by atoms with Crippen molar-refractivity contribution in [2.45, 2.75) is 20.4 Å². The molecule has 23 heavy (non-hydrogen) atoms. The molecule has 3 rings (SSSR count). The van der Waals surface area contributed by atoms with Gasteiger partial charge in [0.05, 0.1) is 24.1 Å². The van der Waals surface area contributed by atoms with Gasteiger partial charge in [0.25, 0.3) is 5.91 Å². The summed E-state index contributed by atoms with van der Waals surface area (Å²) in [6, 6.07) is 7.28. The number of aryl methyl sites for hydroxylation is 2. The Kier molecular flexibility index (Phi) is 4.05. The number of nitrogens with zero attached hydrogens (tertiary/aromatic N) is 6. The van der Waals surface area contributed by atoms with Crippen LogP contribution in [0.2, 0.25) is 0 Å². The molecule has 2 aromatic heterocycles. The van der Waals surface area contributed by atoms with Crippen molar-refractivity contribution in [3.05, 3.63) is 48.0 Å². The molecule has 0 spiro atoms. The Morgan fingerprint density at radius 1 is 1.22 bits per heavy atom. The normalized spacial score (nSPS) is 10.5. The molecule has 0 bridgehead atoms. The smallest absolute Gasteiger partial charge is 0.275 e. The number of para-hydroxylation sites is 1. The lowest BCUT2D eigenvalue weighted by Gasteiger charge is -2.08. The monoisotopic (exact) mass is 309 g/mol. The number of carbonyl (C=O) groups excluding carboxylic acids is 1. The third-order valence-electron chi connectivity index (χ3n) is 3.17. The van der Waals surface area contributed by atoms with Gasteiger partial charge in [-0.25, -0.2) is 4.98 Å². The highest BCUT2D eigenvalue weighted by Gasteiger charge is 2.14. The van der Waals surface area contributed by atoms with Crippen molar-refractivity contribution in [1.29, 1.82) is 0 Å². The highest BCUT2D eigenvalue weighted by molar-refractivity contribution is 6.04. The summed E-state index contributed by atoms with van der Waals surface area (Å²) in [5.41, 5.74) is 2.29. The number of benzene rings is 1. The molecule has 0 atom stereocenters. The maximum absolute atomic E-state index is 12.3. The Labute approximate surface area is 132 Å². The van der Waals surface area contributed by atoms with Gasteiger partial charge < -0.3 is 5.32 Å². The highest BCUT2D eigenvalue weighted by atomic mass is 16.1. The molecule has 0 aliphatic heterocycles. The second-order valence-electron chi connectivity index (χ2n) is 4.84. The molecule has 1 aromatic carbocycles. The number of hydrogen-bond acceptors (Lipinski definition) is 6. The second kappa shape index (κ2) is 6.30. The summed E-state index contributed by atoms with van der Waals surface area (Å²) in [7, 11) is 0. The molecule has 8 nitrogen and oxygen atoms in total. The van der Waals surface area contributed by atoms with Gasteiger partial charge in [-0.2, -0.15) is 4.80 Å². The molecule has 1 N–H and O–H groups in total. The average molecular weight is 309 g/mol. The molecule has 0 unspecified atom stereocenters. The third-order valence-corrected chi connectivity index (χ3v) is 3.17. The lowest BCUT2D eigenvalue weighted by molar-refractivity contribution is 0.102. The van der Waals surface area contributed by atoms with E-state index in [2.05, 4.69) is 30.7 Å². The zero-order valence-corrected chi connectivity index (χ0v) is 12.8. The van der Waals surface area contributed by atoms with Gasteiger partial charge in [0.1, 0.15) is 5.69 Å². The zero-order valence-electron chi connectivity index (χ0n) is 12.8. The van der Waals surface area contributed by atoms with Crippen LogP contribution in [-0.4, -0.2) is 36.1 Å². The molecule has 8 heteroatoms. The summed E-state index contributed by atoms with van der Waals surface area (Å²) in [6.07, 6.45) is 2.99. The molecule has 0 saturated carbocycles. The van der Waals surface area contributed by atoms with Gasteiger partial charge in [-0.15, -0.1) is 10.2 Å². The first-order chi connectivity index (χ1) is 11.2. The molecule has 0 aliphatic rings. The number of hydrogen-bond donors (Lipinski definition) is 1. The summed E-state index contributed by atoms with van der Waals surface area (Å²) in [5.74, 6) is 0.116. The van der Waals surface area contributed by atoms with Crippen LogP contribution in [0.4, 0.5) is 5.69 Å². The van der Waals surface area contributed by atoms with E-state index in [4.69, 9.17) is 0 Å². The quantitative estimate of drug-likeness (QED) is 0.787. The first-order valence-electron chi connectivity index (χ1n) is 7.14. The van der Waals surface area contributed by atoms with E-state index in [1.165, 1.54) is 11.0 Å². The number of carbonyl (C=O) groups is 1. The van der Waals surface area contributed by atoms with Crippen LogP contribution in [0.3, 0.4) is 0 Å². The van der Waals surface area contributed by atoms with Gasteiger partial charge in [-0.3, -0.25) is 9.78 Å². The van der Waals surface area contributed by atoms with Gasteiger partial charge in [0, 0.05) is 11.8 Å². The summed E-state index contributed by atoms with van der Waals surface area (Å²) >= 11 is 0. The van der Waals surface area contributed by atoms with Crippen LogP contribution in [-0.2, 0) is 6.54 Å². The number of amides is 1. The van der Waals surface area contributed by atoms with E-state index < -0.39 is 0 Å². The number of rotatable bonds is 4. The topological polar surface area (TPSA) is 98.5 Å². The van der Waals surface area contributed by atoms with Gasteiger partial charge in [0.2, 0.25) is 5.82 Å². The Morgan fingerprint density at radius 2 is 2.04 bits per heavy atom. The van der Waals surface area contributed by atoms with Crippen LogP contribution >= 0.6 is 0 Å². The van der Waals surface area contributed by atoms with E-state index in [0.29, 0.717) is 23.6 Å². The van der Waals surface area contributed by atoms with Crippen LogP contribution in [0.25, 0.3) is 11.4 Å². The maximum Gasteiger partial charge on any atom is 0.275 e. The number of nitrogens with one attached hydrogen (secondary N) is 1. The molecule has 116 valence electrons. The Hall–Kier alpha value is -3.16. The van der Waals surface area contributed by atoms with Gasteiger partial charge >= 0.3 is 0 Å². The average Bonchev–Trinajstić information content (AvgIpc) is 3.05. The first-order valence-corrected chi connectivity index (χ1v) is 7.14. The number of anilines is 1. The van der Waals surface area contributed by atoms with E-state index in [1.54, 1.807) is 12.3 Å². The molecule has 0 fully saturated rings. The molecule has 0 saturated heterocycles. The van der Waals surface area contributed by atoms with Crippen molar-refractivity contribution in [3.8, 4) is 11.4 Å². The summed E-state index contributed by atoms with van der Waals surface area (Å²) < 4.78 is 0. The fourth-order valence-electron chi connectivity index (χ4n) is 1.97. The molecular weight excluding hydrogens is 294 g/mol. The van der Waals surface area contributed by atoms with Crippen molar-refractivity contribution in [2.24, 2.45) is 0 Å². The summed E-state index contributed by atoms with van der Waals surface area (Å²) in [4.78, 5) is 21.9. The van der Waals surface area contributed by atoms with Crippen LogP contribution in [0, 0.1) is 6.92 Å².